The van der Waals surface area contributed by atoms with E-state index >= 15 is 0 Å². The van der Waals surface area contributed by atoms with Gasteiger partial charge in [0.15, 0.2) is 0 Å². The van der Waals surface area contributed by atoms with Crippen LogP contribution in [0.15, 0.2) is 24.3 Å². The maximum atomic E-state index is 14.0. The lowest BCUT2D eigenvalue weighted by molar-refractivity contribution is -0.143. The summed E-state index contributed by atoms with van der Waals surface area (Å²) >= 11 is 0. The molecule has 8 atom stereocenters. The number of rotatable bonds is 28. The van der Waals surface area contributed by atoms with Crippen LogP contribution in [-0.4, -0.2) is 183 Å². The van der Waals surface area contributed by atoms with Crippen LogP contribution in [0.5, 0.6) is 5.75 Å². The molecule has 27 nitrogen and oxygen atoms in total. The molecular formula is C44H64N10O17. The van der Waals surface area contributed by atoms with E-state index in [1.807, 2.05) is 13.8 Å². The number of aliphatic hydroxyl groups excluding tert-OH is 1. The highest BCUT2D eigenvalue weighted by molar-refractivity contribution is 5.98. The number of benzene rings is 1. The van der Waals surface area contributed by atoms with Crippen molar-refractivity contribution in [2.45, 2.75) is 127 Å². The maximum absolute atomic E-state index is 14.0. The summed E-state index contributed by atoms with van der Waals surface area (Å²) < 4.78 is 0. The van der Waals surface area contributed by atoms with Crippen LogP contribution in [-0.2, 0) is 64.0 Å². The number of hydrogen-bond donors (Lipinski definition) is 14. The smallest absolute Gasteiger partial charge is 0.326 e. The number of carbonyl (C=O) groups is 12. The minimum atomic E-state index is -1.90. The molecule has 1 aromatic carbocycles. The fourth-order valence-electron chi connectivity index (χ4n) is 7.55. The van der Waals surface area contributed by atoms with Gasteiger partial charge in [0, 0.05) is 19.4 Å². The highest BCUT2D eigenvalue weighted by atomic mass is 16.4. The predicted molar refractivity (Wildman–Crippen MR) is 244 cm³/mol. The Morgan fingerprint density at radius 1 is 0.662 bits per heavy atom. The van der Waals surface area contributed by atoms with E-state index in [0.717, 1.165) is 6.42 Å². The number of carbonyl (C=O) groups excluding carboxylic acids is 9. The average molecular weight is 1010 g/mol. The molecule has 2 saturated heterocycles. The number of hydrogen-bond acceptors (Lipinski definition) is 15. The van der Waals surface area contributed by atoms with Gasteiger partial charge < -0.3 is 78.3 Å². The monoisotopic (exact) mass is 1000 g/mol. The standard InChI is InChI=1S/C44H64N10O17/c1-22(2)16-29(52-37(63)23(3)48-39(65)26-6-4-14-45-26)43(69)54-15-5-7-32(54)42(68)50-27(12-13-35(59)60)40(66)51-28(18-36(61)62)38(64)47-19-33(57)46-20-34(58)49-31(21-55)41(67)53-30(44(70)71)17-24-8-10-25(56)11-9-24/h8-11,22-23,26-32,45,55-56H,4-7,12-21H2,1-3H3,(H,46,57)(H,47,64)(H,48,65)(H,49,58)(H,50,68)(H,51,66)(H,52,63)(H,53,67)(H,59,60)(H,61,62)(H,70,71)/t23-,26-,27-,28-,29-,30-,31-,32-/m0/s1. The molecule has 2 aliphatic rings. The van der Waals surface area contributed by atoms with E-state index in [0.29, 0.717) is 24.9 Å². The van der Waals surface area contributed by atoms with Crippen molar-refractivity contribution in [1.29, 1.82) is 0 Å². The number of carboxylic acids is 3. The van der Waals surface area contributed by atoms with Crippen LogP contribution in [0.4, 0.5) is 0 Å². The molecule has 27 heteroatoms. The molecule has 2 fully saturated rings. The summed E-state index contributed by atoms with van der Waals surface area (Å²) in [6.45, 7) is 3.11. The summed E-state index contributed by atoms with van der Waals surface area (Å²) in [5, 5.41) is 69.1. The first kappa shape index (κ1) is 57.9. The molecule has 0 bridgehead atoms. The lowest BCUT2D eigenvalue weighted by atomic mass is 10.0. The number of aliphatic hydroxyl groups is 1. The van der Waals surface area contributed by atoms with Gasteiger partial charge in [0.05, 0.1) is 32.2 Å². The number of amides is 9. The van der Waals surface area contributed by atoms with Gasteiger partial charge in [-0.25, -0.2) is 4.79 Å². The minimum absolute atomic E-state index is 0.0747. The number of nitrogens with one attached hydrogen (secondary N) is 9. The highest BCUT2D eigenvalue weighted by Gasteiger charge is 2.40. The maximum Gasteiger partial charge on any atom is 0.326 e. The molecule has 0 radical (unpaired) electrons. The second kappa shape index (κ2) is 28.3. The molecule has 9 amide bonds. The van der Waals surface area contributed by atoms with E-state index in [4.69, 9.17) is 0 Å². The zero-order chi connectivity index (χ0) is 52.9. The van der Waals surface area contributed by atoms with Crippen molar-refractivity contribution in [2.75, 3.05) is 32.8 Å². The summed E-state index contributed by atoms with van der Waals surface area (Å²) in [4.78, 5) is 155. The van der Waals surface area contributed by atoms with Crippen molar-refractivity contribution in [3.8, 4) is 5.75 Å². The van der Waals surface area contributed by atoms with Crippen LogP contribution in [0.2, 0.25) is 0 Å². The van der Waals surface area contributed by atoms with E-state index < -0.39 is 152 Å². The SMILES string of the molecule is CC(C)C[C@H](NC(=O)[C@H](C)NC(=O)[C@@H]1CCCN1)C(=O)N1CCC[C@H]1C(=O)N[C@@H](CCC(=O)O)C(=O)N[C@@H](CC(=O)O)C(=O)NCC(=O)NCC(=O)N[C@@H](CO)C(=O)N[C@@H](Cc1ccc(O)cc1)C(=O)O. The lowest BCUT2D eigenvalue weighted by Crippen LogP contribution is -2.59. The van der Waals surface area contributed by atoms with Gasteiger partial charge in [-0.3, -0.25) is 52.7 Å². The molecule has 1 aromatic rings. The first-order chi connectivity index (χ1) is 33.5. The van der Waals surface area contributed by atoms with E-state index in [1.54, 1.807) is 0 Å². The molecule has 2 heterocycles. The van der Waals surface area contributed by atoms with Gasteiger partial charge in [-0.05, 0) is 75.6 Å². The number of likely N-dealkylation sites (tertiary alicyclic amines) is 1. The Morgan fingerprint density at radius 2 is 1.30 bits per heavy atom. The molecular weight excluding hydrogens is 941 g/mol. The number of phenolic OH excluding ortho intramolecular Hbond substituents is 1. The summed E-state index contributed by atoms with van der Waals surface area (Å²) in [5.74, 6) is -12.7. The zero-order valence-corrected chi connectivity index (χ0v) is 39.5. The quantitative estimate of drug-likeness (QED) is 0.0375. The van der Waals surface area contributed by atoms with Crippen molar-refractivity contribution in [2.24, 2.45) is 5.92 Å². The molecule has 0 spiro atoms. The van der Waals surface area contributed by atoms with Crippen molar-refractivity contribution in [3.63, 3.8) is 0 Å². The summed E-state index contributed by atoms with van der Waals surface area (Å²) in [6.07, 6.45) is -0.520. The Labute approximate surface area is 407 Å². The fourth-order valence-corrected chi connectivity index (χ4v) is 7.55. The van der Waals surface area contributed by atoms with Crippen molar-refractivity contribution < 1.29 is 83.1 Å². The third-order valence-electron chi connectivity index (χ3n) is 11.3. The average Bonchev–Trinajstić information content (AvgIpc) is 4.04. The largest absolute Gasteiger partial charge is 0.508 e. The Bertz CT molecular complexity index is 2120. The van der Waals surface area contributed by atoms with Gasteiger partial charge in [-0.2, -0.15) is 0 Å². The Morgan fingerprint density at radius 3 is 1.89 bits per heavy atom. The second-order valence-electron chi connectivity index (χ2n) is 17.5. The highest BCUT2D eigenvalue weighted by Crippen LogP contribution is 2.21. The molecule has 0 aliphatic carbocycles. The van der Waals surface area contributed by atoms with Crippen LogP contribution in [0.3, 0.4) is 0 Å². The van der Waals surface area contributed by atoms with E-state index in [9.17, 15) is 83.1 Å². The molecule has 71 heavy (non-hydrogen) atoms. The molecule has 0 unspecified atom stereocenters. The number of phenols is 1. The first-order valence-electron chi connectivity index (χ1n) is 22.9. The lowest BCUT2D eigenvalue weighted by Gasteiger charge is -2.31. The van der Waals surface area contributed by atoms with E-state index in [2.05, 4.69) is 47.9 Å². The van der Waals surface area contributed by atoms with Gasteiger partial charge in [0.25, 0.3) is 0 Å². The molecule has 2 aliphatic heterocycles. The van der Waals surface area contributed by atoms with Crippen LogP contribution in [0.25, 0.3) is 0 Å². The summed E-state index contributed by atoms with van der Waals surface area (Å²) in [5.41, 5.74) is 0.432. The van der Waals surface area contributed by atoms with Gasteiger partial charge in [0.2, 0.25) is 53.2 Å². The van der Waals surface area contributed by atoms with Crippen molar-refractivity contribution >= 4 is 71.1 Å². The van der Waals surface area contributed by atoms with Gasteiger partial charge in [-0.1, -0.05) is 26.0 Å². The minimum Gasteiger partial charge on any atom is -0.508 e. The van der Waals surface area contributed by atoms with Crippen LogP contribution < -0.4 is 47.9 Å². The number of aliphatic carboxylic acids is 3. The topological polar surface area (TPSA) is 417 Å². The Kier molecular flexibility index (Phi) is 23.1. The van der Waals surface area contributed by atoms with Crippen LogP contribution in [0.1, 0.15) is 77.7 Å². The summed E-state index contributed by atoms with van der Waals surface area (Å²) in [7, 11) is 0. The normalized spacial score (nSPS) is 17.7. The second-order valence-corrected chi connectivity index (χ2v) is 17.5. The van der Waals surface area contributed by atoms with Gasteiger partial charge in [0.1, 0.15) is 48.0 Å². The zero-order valence-electron chi connectivity index (χ0n) is 39.5. The number of aromatic hydroxyl groups is 1. The van der Waals surface area contributed by atoms with E-state index in [-0.39, 0.29) is 43.4 Å². The first-order valence-corrected chi connectivity index (χ1v) is 22.9. The molecule has 392 valence electrons. The molecule has 3 rings (SSSR count). The third-order valence-corrected chi connectivity index (χ3v) is 11.3. The Balaban J connectivity index is 1.60. The van der Waals surface area contributed by atoms with Crippen molar-refractivity contribution in [3.05, 3.63) is 29.8 Å². The fraction of sp³-hybridized carbons (Fsp3) is 0.591. The molecule has 0 aromatic heterocycles. The van der Waals surface area contributed by atoms with Gasteiger partial charge in [-0.15, -0.1) is 0 Å². The number of carboxylic acid groups (broad SMARTS) is 3. The Hall–Kier alpha value is -7.42. The molecule has 0 saturated carbocycles. The third kappa shape index (κ3) is 19.5. The van der Waals surface area contributed by atoms with Crippen molar-refractivity contribution in [1.82, 2.24) is 52.8 Å². The predicted octanol–water partition coefficient (Wildman–Crippen LogP) is -4.70. The molecule has 14 N–H and O–H groups in total. The number of nitrogens with zero attached hydrogens (tertiary/aromatic N) is 1. The van der Waals surface area contributed by atoms with Crippen LogP contribution in [0, 0.1) is 5.92 Å². The van der Waals surface area contributed by atoms with E-state index in [1.165, 1.54) is 36.1 Å². The van der Waals surface area contributed by atoms with Gasteiger partial charge >= 0.3 is 17.9 Å². The van der Waals surface area contributed by atoms with Crippen LogP contribution >= 0.6 is 0 Å². The summed E-state index contributed by atoms with van der Waals surface area (Å²) in [6, 6.07) is -5.08.